The van der Waals surface area contributed by atoms with E-state index in [0.717, 1.165) is 22.3 Å². The molecule has 2 heterocycles. The highest BCUT2D eigenvalue weighted by molar-refractivity contribution is 5.99. The van der Waals surface area contributed by atoms with Crippen molar-refractivity contribution in [1.82, 2.24) is 4.90 Å². The van der Waals surface area contributed by atoms with Crippen molar-refractivity contribution in [3.63, 3.8) is 0 Å². The van der Waals surface area contributed by atoms with Gasteiger partial charge >= 0.3 is 0 Å². The molecule has 1 amide bonds. The van der Waals surface area contributed by atoms with Gasteiger partial charge in [-0.25, -0.2) is 4.39 Å². The van der Waals surface area contributed by atoms with Crippen LogP contribution < -0.4 is 4.74 Å². The van der Waals surface area contributed by atoms with Gasteiger partial charge in [0.15, 0.2) is 0 Å². The number of benzene rings is 2. The Bertz CT molecular complexity index is 958. The van der Waals surface area contributed by atoms with Crippen molar-refractivity contribution in [2.75, 3.05) is 20.3 Å². The third-order valence-corrected chi connectivity index (χ3v) is 6.29. The zero-order valence-corrected chi connectivity index (χ0v) is 17.0. The first-order chi connectivity index (χ1) is 13.9. The molecule has 1 fully saturated rings. The molecule has 0 unspecified atom stereocenters. The Morgan fingerprint density at radius 1 is 1.24 bits per heavy atom. The first-order valence-electron chi connectivity index (χ1n) is 9.91. The molecule has 0 spiro atoms. The van der Waals surface area contributed by atoms with Crippen LogP contribution in [0.25, 0.3) is 0 Å². The molecule has 0 saturated carbocycles. The minimum Gasteiger partial charge on any atom is -0.497 e. The van der Waals surface area contributed by atoms with Crippen LogP contribution in [0.2, 0.25) is 0 Å². The maximum absolute atomic E-state index is 14.5. The summed E-state index contributed by atoms with van der Waals surface area (Å²) in [6, 6.07) is 6.40. The van der Waals surface area contributed by atoms with Crippen LogP contribution in [-0.2, 0) is 17.7 Å². The number of aliphatic hydroxyl groups is 1. The van der Waals surface area contributed by atoms with E-state index in [9.17, 15) is 14.3 Å². The predicted octanol–water partition coefficient (Wildman–Crippen LogP) is 3.15. The van der Waals surface area contributed by atoms with Gasteiger partial charge < -0.3 is 19.5 Å². The molecule has 29 heavy (non-hydrogen) atoms. The summed E-state index contributed by atoms with van der Waals surface area (Å²) >= 11 is 0. The lowest BCUT2D eigenvalue weighted by atomic mass is 9.91. The molecule has 4 rings (SSSR count). The first-order valence-corrected chi connectivity index (χ1v) is 9.91. The summed E-state index contributed by atoms with van der Waals surface area (Å²) in [5, 5.41) is 10.3. The van der Waals surface area contributed by atoms with Gasteiger partial charge in [-0.3, -0.25) is 4.79 Å². The van der Waals surface area contributed by atoms with Gasteiger partial charge in [0.2, 0.25) is 0 Å². The molecule has 1 N–H and O–H groups in total. The standard InChI is InChI=1S/C23H26FNO4/c1-13-14(2)19-11-25(21-12-29-7-6-22(21)26)23(27)18(19)9-16(13)8-15-4-5-17(28-3)10-20(15)24/h4-5,9-10,21-22,26H,6-8,11-12H2,1-3H3/t21-,22-/m0/s1. The average Bonchev–Trinajstić information content (AvgIpc) is 3.04. The molecule has 2 aliphatic heterocycles. The van der Waals surface area contributed by atoms with Crippen LogP contribution in [0.3, 0.4) is 0 Å². The molecule has 0 aromatic heterocycles. The Labute approximate surface area is 170 Å². The fraction of sp³-hybridized carbons (Fsp3) is 0.435. The maximum Gasteiger partial charge on any atom is 0.254 e. The van der Waals surface area contributed by atoms with Crippen molar-refractivity contribution < 1.29 is 23.8 Å². The van der Waals surface area contributed by atoms with E-state index in [4.69, 9.17) is 9.47 Å². The number of methoxy groups -OCH3 is 1. The Hall–Kier alpha value is -2.44. The van der Waals surface area contributed by atoms with Crippen LogP contribution in [0.4, 0.5) is 4.39 Å². The molecule has 5 nitrogen and oxygen atoms in total. The largest absolute Gasteiger partial charge is 0.497 e. The molecule has 0 aliphatic carbocycles. The molecular weight excluding hydrogens is 373 g/mol. The van der Waals surface area contributed by atoms with Crippen molar-refractivity contribution >= 4 is 5.91 Å². The lowest BCUT2D eigenvalue weighted by Gasteiger charge is -2.34. The zero-order chi connectivity index (χ0) is 20.7. The van der Waals surface area contributed by atoms with E-state index in [1.807, 2.05) is 19.9 Å². The average molecular weight is 399 g/mol. The van der Waals surface area contributed by atoms with Crippen molar-refractivity contribution in [1.29, 1.82) is 0 Å². The summed E-state index contributed by atoms with van der Waals surface area (Å²) in [4.78, 5) is 14.8. The normalized spacial score (nSPS) is 21.4. The Kier molecular flexibility index (Phi) is 5.32. The number of nitrogens with zero attached hydrogens (tertiary/aromatic N) is 1. The van der Waals surface area contributed by atoms with E-state index in [2.05, 4.69) is 0 Å². The Balaban J connectivity index is 1.66. The second kappa shape index (κ2) is 7.76. The SMILES string of the molecule is COc1ccc(Cc2cc3c(c(C)c2C)CN([C@H]2COCC[C@@H]2O)C3=O)c(F)c1. The number of amides is 1. The number of carbonyl (C=O) groups excluding carboxylic acids is 1. The molecule has 2 atom stereocenters. The number of ether oxygens (including phenoxy) is 2. The maximum atomic E-state index is 14.5. The monoisotopic (exact) mass is 399 g/mol. The summed E-state index contributed by atoms with van der Waals surface area (Å²) in [6.07, 6.45) is 0.361. The van der Waals surface area contributed by atoms with Gasteiger partial charge in [-0.05, 0) is 60.2 Å². The lowest BCUT2D eigenvalue weighted by Crippen LogP contribution is -2.49. The van der Waals surface area contributed by atoms with Crippen molar-refractivity contribution in [3.8, 4) is 5.75 Å². The molecule has 2 aromatic carbocycles. The fourth-order valence-corrected chi connectivity index (χ4v) is 4.29. The van der Waals surface area contributed by atoms with E-state index in [1.165, 1.54) is 13.2 Å². The van der Waals surface area contributed by atoms with Crippen LogP contribution in [0.1, 0.15) is 44.6 Å². The summed E-state index contributed by atoms with van der Waals surface area (Å²) in [5.74, 6) is 0.0682. The molecule has 0 radical (unpaired) electrons. The van der Waals surface area contributed by atoms with Gasteiger partial charge in [-0.1, -0.05) is 6.07 Å². The Morgan fingerprint density at radius 2 is 2.03 bits per heavy atom. The van der Waals surface area contributed by atoms with E-state index in [0.29, 0.717) is 49.5 Å². The van der Waals surface area contributed by atoms with Crippen molar-refractivity contribution in [3.05, 3.63) is 63.5 Å². The summed E-state index contributed by atoms with van der Waals surface area (Å²) in [6.45, 7) is 5.36. The third-order valence-electron chi connectivity index (χ3n) is 6.29. The van der Waals surface area contributed by atoms with Crippen molar-refractivity contribution in [2.24, 2.45) is 0 Å². The minimum atomic E-state index is -0.573. The number of aliphatic hydroxyl groups excluding tert-OH is 1. The van der Waals surface area contributed by atoms with Crippen LogP contribution in [0, 0.1) is 19.7 Å². The predicted molar refractivity (Wildman–Crippen MR) is 107 cm³/mol. The highest BCUT2D eigenvalue weighted by atomic mass is 19.1. The number of hydrogen-bond acceptors (Lipinski definition) is 4. The topological polar surface area (TPSA) is 59.0 Å². The quantitative estimate of drug-likeness (QED) is 0.858. The first kappa shape index (κ1) is 19.9. The van der Waals surface area contributed by atoms with Gasteiger partial charge in [-0.2, -0.15) is 0 Å². The zero-order valence-electron chi connectivity index (χ0n) is 17.0. The number of carbonyl (C=O) groups is 1. The second-order valence-electron chi connectivity index (χ2n) is 7.88. The number of rotatable bonds is 4. The highest BCUT2D eigenvalue weighted by Crippen LogP contribution is 2.34. The molecule has 154 valence electrons. The van der Waals surface area contributed by atoms with Gasteiger partial charge in [0.1, 0.15) is 11.6 Å². The van der Waals surface area contributed by atoms with Gasteiger partial charge in [-0.15, -0.1) is 0 Å². The van der Waals surface area contributed by atoms with E-state index < -0.39 is 6.10 Å². The number of halogens is 1. The lowest BCUT2D eigenvalue weighted by molar-refractivity contribution is -0.0528. The number of hydrogen-bond donors (Lipinski definition) is 1. The van der Waals surface area contributed by atoms with Crippen LogP contribution in [-0.4, -0.2) is 48.4 Å². The smallest absolute Gasteiger partial charge is 0.254 e. The summed E-state index contributed by atoms with van der Waals surface area (Å²) < 4.78 is 25.0. The summed E-state index contributed by atoms with van der Waals surface area (Å²) in [5.41, 5.74) is 5.24. The fourth-order valence-electron chi connectivity index (χ4n) is 4.29. The van der Waals surface area contributed by atoms with Gasteiger partial charge in [0.25, 0.3) is 5.91 Å². The molecule has 2 aromatic rings. The van der Waals surface area contributed by atoms with E-state index >= 15 is 0 Å². The van der Waals surface area contributed by atoms with Crippen LogP contribution >= 0.6 is 0 Å². The highest BCUT2D eigenvalue weighted by Gasteiger charge is 2.39. The molecule has 2 aliphatic rings. The van der Waals surface area contributed by atoms with E-state index in [-0.39, 0.29) is 17.8 Å². The van der Waals surface area contributed by atoms with E-state index in [1.54, 1.807) is 17.0 Å². The number of fused-ring (bicyclic) bond motifs is 1. The van der Waals surface area contributed by atoms with Crippen molar-refractivity contribution in [2.45, 2.75) is 45.4 Å². The van der Waals surface area contributed by atoms with Gasteiger partial charge in [0, 0.05) is 31.2 Å². The Morgan fingerprint density at radius 3 is 2.72 bits per heavy atom. The van der Waals surface area contributed by atoms with Crippen LogP contribution in [0.5, 0.6) is 5.75 Å². The molecule has 0 bridgehead atoms. The minimum absolute atomic E-state index is 0.0888. The van der Waals surface area contributed by atoms with Crippen LogP contribution in [0.15, 0.2) is 24.3 Å². The molecule has 1 saturated heterocycles. The summed E-state index contributed by atoms with van der Waals surface area (Å²) in [7, 11) is 1.51. The second-order valence-corrected chi connectivity index (χ2v) is 7.88. The third kappa shape index (κ3) is 3.51. The van der Waals surface area contributed by atoms with Gasteiger partial charge in [0.05, 0.1) is 25.9 Å². The molecule has 6 heteroatoms. The molecular formula is C23H26FNO4.